The van der Waals surface area contributed by atoms with E-state index in [1.165, 1.54) is 29.2 Å². The first-order valence-corrected chi connectivity index (χ1v) is 7.25. The topological polar surface area (TPSA) is 84.7 Å². The van der Waals surface area contributed by atoms with Crippen LogP contribution in [0.15, 0.2) is 42.5 Å². The Kier molecular flexibility index (Phi) is 3.73. The van der Waals surface area contributed by atoms with Crippen molar-refractivity contribution in [1.29, 1.82) is 0 Å². The van der Waals surface area contributed by atoms with Crippen molar-refractivity contribution in [2.75, 3.05) is 7.05 Å². The fourth-order valence-electron chi connectivity index (χ4n) is 2.68. The van der Waals surface area contributed by atoms with Gasteiger partial charge < -0.3 is 4.74 Å². The standard InChI is InChI=1S/C17H16FN3O3/c1-17(11-4-6-12(18)7-5-11)21(2)16(23)13-9-10(15(22)20-19)3-8-14(13)24-17/h3-9H,19H2,1-2H3,(H,20,22). The lowest BCUT2D eigenvalue weighted by atomic mass is 9.98. The first-order chi connectivity index (χ1) is 11.4. The minimum atomic E-state index is -1.09. The van der Waals surface area contributed by atoms with E-state index in [1.54, 1.807) is 32.2 Å². The van der Waals surface area contributed by atoms with Crippen molar-refractivity contribution in [1.82, 2.24) is 10.3 Å². The van der Waals surface area contributed by atoms with E-state index in [4.69, 9.17) is 10.6 Å². The molecular formula is C17H16FN3O3. The third-order valence-corrected chi connectivity index (χ3v) is 4.24. The summed E-state index contributed by atoms with van der Waals surface area (Å²) in [6, 6.07) is 10.3. The molecule has 7 heteroatoms. The predicted molar refractivity (Wildman–Crippen MR) is 84.6 cm³/mol. The molecule has 0 spiro atoms. The van der Waals surface area contributed by atoms with E-state index in [0.717, 1.165) is 0 Å². The third-order valence-electron chi connectivity index (χ3n) is 4.24. The highest BCUT2D eigenvalue weighted by Crippen LogP contribution is 2.39. The number of carbonyl (C=O) groups is 2. The summed E-state index contributed by atoms with van der Waals surface area (Å²) in [5, 5.41) is 0. The number of carbonyl (C=O) groups excluding carboxylic acids is 2. The number of nitrogens with two attached hydrogens (primary N) is 1. The smallest absolute Gasteiger partial charge is 0.265 e. The average molecular weight is 329 g/mol. The number of hydrogen-bond acceptors (Lipinski definition) is 4. The average Bonchev–Trinajstić information content (AvgIpc) is 2.59. The number of rotatable bonds is 2. The van der Waals surface area contributed by atoms with E-state index in [-0.39, 0.29) is 22.9 Å². The number of ether oxygens (including phenoxy) is 1. The molecule has 0 saturated carbocycles. The molecule has 2 aromatic carbocycles. The first-order valence-electron chi connectivity index (χ1n) is 7.25. The van der Waals surface area contributed by atoms with Crippen LogP contribution < -0.4 is 16.0 Å². The number of nitrogen functional groups attached to an aromatic ring is 1. The van der Waals surface area contributed by atoms with E-state index in [2.05, 4.69) is 0 Å². The fraction of sp³-hybridized carbons (Fsp3) is 0.176. The molecule has 1 atom stereocenters. The highest BCUT2D eigenvalue weighted by molar-refractivity contribution is 6.02. The Labute approximate surface area is 138 Å². The monoisotopic (exact) mass is 329 g/mol. The molecule has 0 bridgehead atoms. The van der Waals surface area contributed by atoms with E-state index in [9.17, 15) is 14.0 Å². The van der Waals surface area contributed by atoms with Crippen LogP contribution in [0.4, 0.5) is 4.39 Å². The van der Waals surface area contributed by atoms with Crippen LogP contribution in [0.3, 0.4) is 0 Å². The molecule has 0 aliphatic carbocycles. The second-order valence-electron chi connectivity index (χ2n) is 5.64. The zero-order chi connectivity index (χ0) is 17.5. The summed E-state index contributed by atoms with van der Waals surface area (Å²) < 4.78 is 19.2. The van der Waals surface area contributed by atoms with Crippen molar-refractivity contribution < 1.29 is 18.7 Å². The number of nitrogens with zero attached hydrogens (tertiary/aromatic N) is 1. The van der Waals surface area contributed by atoms with Gasteiger partial charge in [-0.3, -0.25) is 19.9 Å². The van der Waals surface area contributed by atoms with Crippen LogP contribution in [0.2, 0.25) is 0 Å². The molecule has 0 saturated heterocycles. The lowest BCUT2D eigenvalue weighted by molar-refractivity contribution is -0.0556. The van der Waals surface area contributed by atoms with Crippen molar-refractivity contribution in [3.05, 3.63) is 65.0 Å². The molecule has 3 rings (SSSR count). The number of halogens is 1. The van der Waals surface area contributed by atoms with Crippen molar-refractivity contribution >= 4 is 11.8 Å². The molecule has 124 valence electrons. The molecule has 1 heterocycles. The van der Waals surface area contributed by atoms with Gasteiger partial charge >= 0.3 is 0 Å². The SMILES string of the molecule is CN1C(=O)c2cc(C(=O)NN)ccc2OC1(C)c1ccc(F)cc1. The Morgan fingerprint density at radius 3 is 2.54 bits per heavy atom. The Bertz CT molecular complexity index is 822. The van der Waals surface area contributed by atoms with Gasteiger partial charge in [-0.25, -0.2) is 10.2 Å². The van der Waals surface area contributed by atoms with Gasteiger partial charge in [-0.2, -0.15) is 0 Å². The maximum atomic E-state index is 13.2. The van der Waals surface area contributed by atoms with Gasteiger partial charge in [-0.05, 0) is 37.3 Å². The molecule has 2 amide bonds. The Balaban J connectivity index is 2.06. The zero-order valence-corrected chi connectivity index (χ0v) is 13.2. The minimum absolute atomic E-state index is 0.256. The van der Waals surface area contributed by atoms with Crippen molar-refractivity contribution in [2.24, 2.45) is 5.84 Å². The molecule has 1 aliphatic rings. The molecule has 0 fully saturated rings. The van der Waals surface area contributed by atoms with Crippen molar-refractivity contribution in [3.8, 4) is 5.75 Å². The number of hydrazine groups is 1. The summed E-state index contributed by atoms with van der Waals surface area (Å²) in [6.45, 7) is 1.72. The van der Waals surface area contributed by atoms with Gasteiger partial charge in [0.05, 0.1) is 5.56 Å². The van der Waals surface area contributed by atoms with Gasteiger partial charge in [-0.15, -0.1) is 0 Å². The van der Waals surface area contributed by atoms with Crippen LogP contribution in [-0.4, -0.2) is 23.8 Å². The number of hydrogen-bond donors (Lipinski definition) is 2. The lowest BCUT2D eigenvalue weighted by Crippen LogP contribution is -2.52. The molecular weight excluding hydrogens is 313 g/mol. The van der Waals surface area contributed by atoms with Crippen LogP contribution in [0.1, 0.15) is 33.2 Å². The van der Waals surface area contributed by atoms with E-state index >= 15 is 0 Å². The Morgan fingerprint density at radius 1 is 1.25 bits per heavy atom. The maximum absolute atomic E-state index is 13.2. The van der Waals surface area contributed by atoms with Crippen LogP contribution in [-0.2, 0) is 5.72 Å². The quantitative estimate of drug-likeness (QED) is 0.499. The summed E-state index contributed by atoms with van der Waals surface area (Å²) in [5.41, 5.74) is 2.09. The molecule has 0 radical (unpaired) electrons. The summed E-state index contributed by atoms with van der Waals surface area (Å²) >= 11 is 0. The summed E-state index contributed by atoms with van der Waals surface area (Å²) in [7, 11) is 1.59. The van der Waals surface area contributed by atoms with Crippen LogP contribution >= 0.6 is 0 Å². The number of fused-ring (bicyclic) bond motifs is 1. The number of nitrogens with one attached hydrogen (secondary N) is 1. The second-order valence-corrected chi connectivity index (χ2v) is 5.64. The number of amides is 2. The predicted octanol–water partition coefficient (Wildman–Crippen LogP) is 1.77. The van der Waals surface area contributed by atoms with Crippen LogP contribution in [0, 0.1) is 5.82 Å². The van der Waals surface area contributed by atoms with Gasteiger partial charge in [0.15, 0.2) is 0 Å². The molecule has 3 N–H and O–H groups in total. The van der Waals surface area contributed by atoms with Crippen LogP contribution in [0.25, 0.3) is 0 Å². The summed E-state index contributed by atoms with van der Waals surface area (Å²) in [4.78, 5) is 25.8. The van der Waals surface area contributed by atoms with Gasteiger partial charge in [-0.1, -0.05) is 12.1 Å². The highest BCUT2D eigenvalue weighted by atomic mass is 19.1. The van der Waals surface area contributed by atoms with E-state index < -0.39 is 11.6 Å². The third kappa shape index (κ3) is 2.39. The zero-order valence-electron chi connectivity index (χ0n) is 13.2. The number of benzene rings is 2. The van der Waals surface area contributed by atoms with E-state index in [1.807, 2.05) is 5.43 Å². The Hall–Kier alpha value is -2.93. The largest absolute Gasteiger partial charge is 0.463 e. The molecule has 24 heavy (non-hydrogen) atoms. The molecule has 0 aromatic heterocycles. The van der Waals surface area contributed by atoms with Gasteiger partial charge in [0.2, 0.25) is 5.72 Å². The maximum Gasteiger partial charge on any atom is 0.265 e. The van der Waals surface area contributed by atoms with Crippen molar-refractivity contribution in [2.45, 2.75) is 12.6 Å². The van der Waals surface area contributed by atoms with Gasteiger partial charge in [0.25, 0.3) is 11.8 Å². The summed E-state index contributed by atoms with van der Waals surface area (Å²) in [6.07, 6.45) is 0. The van der Waals surface area contributed by atoms with Crippen LogP contribution in [0.5, 0.6) is 5.75 Å². The molecule has 6 nitrogen and oxygen atoms in total. The highest BCUT2D eigenvalue weighted by Gasteiger charge is 2.42. The molecule has 2 aromatic rings. The normalized spacial score (nSPS) is 19.5. The Morgan fingerprint density at radius 2 is 1.92 bits per heavy atom. The summed E-state index contributed by atoms with van der Waals surface area (Å²) in [5.74, 6) is 4.28. The first kappa shape index (κ1) is 15.9. The van der Waals surface area contributed by atoms with Gasteiger partial charge in [0.1, 0.15) is 11.6 Å². The van der Waals surface area contributed by atoms with Crippen molar-refractivity contribution in [3.63, 3.8) is 0 Å². The second kappa shape index (κ2) is 5.61. The molecule has 1 unspecified atom stereocenters. The van der Waals surface area contributed by atoms with E-state index in [0.29, 0.717) is 11.3 Å². The minimum Gasteiger partial charge on any atom is -0.463 e. The lowest BCUT2D eigenvalue weighted by Gasteiger charge is -2.43. The molecule has 1 aliphatic heterocycles. The fourth-order valence-corrected chi connectivity index (χ4v) is 2.68. The van der Waals surface area contributed by atoms with Gasteiger partial charge in [0, 0.05) is 18.2 Å².